The number of carbonyl (C=O) groups excluding carboxylic acids is 1. The molecule has 0 saturated carbocycles. The molecule has 1 amide bonds. The number of aliphatic hydroxyl groups excluding tert-OH is 1. The van der Waals surface area contributed by atoms with Crippen LogP contribution in [0.3, 0.4) is 0 Å². The van der Waals surface area contributed by atoms with Gasteiger partial charge in [-0.05, 0) is 39.6 Å². The van der Waals surface area contributed by atoms with E-state index in [1.54, 1.807) is 11.8 Å². The highest BCUT2D eigenvalue weighted by Gasteiger charge is 2.26. The number of carbonyl (C=O) groups is 1. The van der Waals surface area contributed by atoms with Crippen LogP contribution in [0.5, 0.6) is 0 Å². The highest BCUT2D eigenvalue weighted by molar-refractivity contribution is 7.99. The minimum Gasteiger partial charge on any atom is -0.395 e. The van der Waals surface area contributed by atoms with Crippen molar-refractivity contribution in [3.8, 4) is 0 Å². The second-order valence-corrected chi connectivity index (χ2v) is 5.93. The molecule has 17 heavy (non-hydrogen) atoms. The van der Waals surface area contributed by atoms with Crippen LogP contribution in [0.15, 0.2) is 0 Å². The van der Waals surface area contributed by atoms with Gasteiger partial charge in [-0.2, -0.15) is 11.8 Å². The lowest BCUT2D eigenvalue weighted by atomic mass is 9.97. The van der Waals surface area contributed by atoms with Crippen molar-refractivity contribution in [3.63, 3.8) is 0 Å². The van der Waals surface area contributed by atoms with Crippen molar-refractivity contribution >= 4 is 17.7 Å². The molecule has 100 valence electrons. The number of nitrogens with zero attached hydrogens (tertiary/aromatic N) is 1. The van der Waals surface area contributed by atoms with E-state index in [-0.39, 0.29) is 29.7 Å². The van der Waals surface area contributed by atoms with Crippen molar-refractivity contribution in [1.29, 1.82) is 0 Å². The molecule has 0 unspecified atom stereocenters. The Morgan fingerprint density at radius 2 is 2.35 bits per heavy atom. The molecule has 4 nitrogen and oxygen atoms in total. The minimum absolute atomic E-state index is 0.0229. The number of thioether (sulfide) groups is 1. The van der Waals surface area contributed by atoms with Crippen LogP contribution in [0.4, 0.5) is 0 Å². The second kappa shape index (κ2) is 7.24. The predicted octanol–water partition coefficient (Wildman–Crippen LogP) is 0.557. The molecule has 1 aliphatic rings. The summed E-state index contributed by atoms with van der Waals surface area (Å²) >= 11 is 1.59. The van der Waals surface area contributed by atoms with Crippen LogP contribution in [0.2, 0.25) is 0 Å². The molecule has 0 aliphatic carbocycles. The Hall–Kier alpha value is -0.260. The summed E-state index contributed by atoms with van der Waals surface area (Å²) in [5, 5.41) is 12.3. The summed E-state index contributed by atoms with van der Waals surface area (Å²) in [5.41, 5.74) is 0. The lowest BCUT2D eigenvalue weighted by molar-refractivity contribution is -0.127. The van der Waals surface area contributed by atoms with Gasteiger partial charge in [-0.1, -0.05) is 0 Å². The van der Waals surface area contributed by atoms with E-state index in [9.17, 15) is 9.90 Å². The van der Waals surface area contributed by atoms with Crippen LogP contribution < -0.4 is 5.32 Å². The van der Waals surface area contributed by atoms with Crippen molar-refractivity contribution in [3.05, 3.63) is 0 Å². The zero-order valence-corrected chi connectivity index (χ0v) is 11.8. The summed E-state index contributed by atoms with van der Waals surface area (Å²) in [4.78, 5) is 14.3. The highest BCUT2D eigenvalue weighted by Crippen LogP contribution is 2.16. The molecule has 5 heteroatoms. The Balaban J connectivity index is 2.42. The first-order valence-corrected chi connectivity index (χ1v) is 7.49. The van der Waals surface area contributed by atoms with Gasteiger partial charge >= 0.3 is 0 Å². The van der Waals surface area contributed by atoms with Gasteiger partial charge in [0.15, 0.2) is 0 Å². The first-order valence-electron chi connectivity index (χ1n) is 6.21. The zero-order valence-electron chi connectivity index (χ0n) is 11.0. The van der Waals surface area contributed by atoms with E-state index in [4.69, 9.17) is 0 Å². The fourth-order valence-corrected chi connectivity index (χ4v) is 2.88. The summed E-state index contributed by atoms with van der Waals surface area (Å²) in [6.07, 6.45) is 4.03. The molecule has 1 fully saturated rings. The van der Waals surface area contributed by atoms with Crippen LogP contribution >= 0.6 is 11.8 Å². The van der Waals surface area contributed by atoms with Gasteiger partial charge < -0.3 is 15.3 Å². The highest BCUT2D eigenvalue weighted by atomic mass is 32.2. The van der Waals surface area contributed by atoms with E-state index in [0.717, 1.165) is 25.9 Å². The Morgan fingerprint density at radius 3 is 2.88 bits per heavy atom. The van der Waals surface area contributed by atoms with Crippen molar-refractivity contribution in [2.75, 3.05) is 33.0 Å². The van der Waals surface area contributed by atoms with Crippen molar-refractivity contribution in [2.24, 2.45) is 5.92 Å². The van der Waals surface area contributed by atoms with Crippen LogP contribution in [0, 0.1) is 5.92 Å². The molecule has 0 aromatic carbocycles. The third kappa shape index (κ3) is 4.48. The maximum Gasteiger partial charge on any atom is 0.224 e. The van der Waals surface area contributed by atoms with E-state index in [1.807, 2.05) is 13.2 Å². The summed E-state index contributed by atoms with van der Waals surface area (Å²) < 4.78 is 0. The molecular formula is C12H24N2O2S. The molecule has 1 rings (SSSR count). The van der Waals surface area contributed by atoms with Crippen LogP contribution in [0.25, 0.3) is 0 Å². The minimum atomic E-state index is 0.0229. The third-order valence-electron chi connectivity index (χ3n) is 3.41. The fourth-order valence-electron chi connectivity index (χ4n) is 2.25. The summed E-state index contributed by atoms with van der Waals surface area (Å²) in [6.45, 7) is 4.00. The number of aliphatic hydroxyl groups is 1. The molecule has 0 spiro atoms. The molecular weight excluding hydrogens is 236 g/mol. The van der Waals surface area contributed by atoms with E-state index >= 15 is 0 Å². The molecule has 1 aliphatic heterocycles. The topological polar surface area (TPSA) is 52.6 Å². The summed E-state index contributed by atoms with van der Waals surface area (Å²) in [6, 6.07) is 0.0229. The molecule has 1 heterocycles. The number of piperidine rings is 1. The second-order valence-electron chi connectivity index (χ2n) is 4.86. The summed E-state index contributed by atoms with van der Waals surface area (Å²) in [5.74, 6) is 0.244. The van der Waals surface area contributed by atoms with Crippen LogP contribution in [-0.2, 0) is 4.79 Å². The standard InChI is InChI=1S/C12H24N2O2S/c1-9(11(8-15)17-3)13-12(16)10-5-4-6-14(2)7-10/h9-11,15H,4-8H2,1-3H3,(H,13,16)/t9-,10+,11-/m0/s1. The third-order valence-corrected chi connectivity index (χ3v) is 4.57. The predicted molar refractivity (Wildman–Crippen MR) is 72.2 cm³/mol. The first-order chi connectivity index (χ1) is 8.08. The van der Waals surface area contributed by atoms with Gasteiger partial charge in [-0.25, -0.2) is 0 Å². The monoisotopic (exact) mass is 260 g/mol. The quantitative estimate of drug-likeness (QED) is 0.758. The van der Waals surface area contributed by atoms with E-state index in [1.165, 1.54) is 0 Å². The lowest BCUT2D eigenvalue weighted by Crippen LogP contribution is -2.47. The van der Waals surface area contributed by atoms with Gasteiger partial charge in [-0.3, -0.25) is 4.79 Å². The van der Waals surface area contributed by atoms with Crippen molar-refractivity contribution < 1.29 is 9.90 Å². The van der Waals surface area contributed by atoms with Crippen LogP contribution in [0.1, 0.15) is 19.8 Å². The fraction of sp³-hybridized carbons (Fsp3) is 0.917. The van der Waals surface area contributed by atoms with Gasteiger partial charge in [0, 0.05) is 17.8 Å². The average molecular weight is 260 g/mol. The molecule has 0 aromatic heterocycles. The van der Waals surface area contributed by atoms with Crippen LogP contribution in [-0.4, -0.2) is 60.2 Å². The van der Waals surface area contributed by atoms with E-state index in [2.05, 4.69) is 17.3 Å². The molecule has 0 radical (unpaired) electrons. The largest absolute Gasteiger partial charge is 0.395 e. The molecule has 0 bridgehead atoms. The Bertz CT molecular complexity index is 247. The molecule has 2 N–H and O–H groups in total. The first kappa shape index (κ1) is 14.8. The number of likely N-dealkylation sites (tertiary alicyclic amines) is 1. The van der Waals surface area contributed by atoms with Crippen molar-refractivity contribution in [2.45, 2.75) is 31.1 Å². The number of amides is 1. The van der Waals surface area contributed by atoms with Crippen molar-refractivity contribution in [1.82, 2.24) is 10.2 Å². The normalized spacial score (nSPS) is 25.3. The van der Waals surface area contributed by atoms with Gasteiger partial charge in [0.2, 0.25) is 5.91 Å². The number of hydrogen-bond acceptors (Lipinski definition) is 4. The lowest BCUT2D eigenvalue weighted by Gasteiger charge is -2.30. The maximum absolute atomic E-state index is 12.1. The smallest absolute Gasteiger partial charge is 0.224 e. The Morgan fingerprint density at radius 1 is 1.65 bits per heavy atom. The Labute approximate surface area is 108 Å². The SMILES string of the molecule is CS[C@@H](CO)[C@H](C)NC(=O)[C@@H]1CCCN(C)C1. The van der Waals surface area contributed by atoms with Gasteiger partial charge in [0.25, 0.3) is 0 Å². The summed E-state index contributed by atoms with van der Waals surface area (Å²) in [7, 11) is 2.06. The Kier molecular flexibility index (Phi) is 6.30. The van der Waals surface area contributed by atoms with E-state index in [0.29, 0.717) is 0 Å². The number of rotatable bonds is 5. The number of hydrogen-bond donors (Lipinski definition) is 2. The van der Waals surface area contributed by atoms with Gasteiger partial charge in [0.1, 0.15) is 0 Å². The number of nitrogens with one attached hydrogen (secondary N) is 1. The molecule has 3 atom stereocenters. The molecule has 1 saturated heterocycles. The maximum atomic E-state index is 12.1. The van der Waals surface area contributed by atoms with Gasteiger partial charge in [-0.15, -0.1) is 0 Å². The van der Waals surface area contributed by atoms with E-state index < -0.39 is 0 Å². The molecule has 0 aromatic rings. The van der Waals surface area contributed by atoms with Gasteiger partial charge in [0.05, 0.1) is 12.5 Å². The average Bonchev–Trinajstić information content (AvgIpc) is 2.30. The zero-order chi connectivity index (χ0) is 12.8.